The molecular formula is C22H20N2O4S. The third kappa shape index (κ3) is 3.26. The number of rotatable bonds is 5. The Labute approximate surface area is 168 Å². The van der Waals surface area contributed by atoms with Crippen molar-refractivity contribution < 1.29 is 12.8 Å². The molecule has 0 saturated heterocycles. The molecule has 0 atom stereocenters. The van der Waals surface area contributed by atoms with E-state index in [2.05, 4.69) is 10.8 Å². The summed E-state index contributed by atoms with van der Waals surface area (Å²) in [6.45, 7) is 0.204. The fraction of sp³-hybridized carbons (Fsp3) is 0.227. The molecule has 4 aromatic rings. The molecule has 2 heterocycles. The monoisotopic (exact) mass is 408 g/mol. The van der Waals surface area contributed by atoms with Gasteiger partial charge in [0.15, 0.2) is 0 Å². The van der Waals surface area contributed by atoms with Crippen LogP contribution < -0.4 is 10.3 Å². The fourth-order valence-corrected chi connectivity index (χ4v) is 4.20. The summed E-state index contributed by atoms with van der Waals surface area (Å²) in [7, 11) is -0.946. The Bertz CT molecular complexity index is 1390. The molecule has 148 valence electrons. The first kappa shape index (κ1) is 18.1. The Morgan fingerprint density at radius 1 is 1.10 bits per heavy atom. The summed E-state index contributed by atoms with van der Waals surface area (Å²) in [4.78, 5) is 12.6. The van der Waals surface area contributed by atoms with Crippen molar-refractivity contribution >= 4 is 32.6 Å². The maximum absolute atomic E-state index is 12.6. The summed E-state index contributed by atoms with van der Waals surface area (Å²) < 4.78 is 32.3. The van der Waals surface area contributed by atoms with Gasteiger partial charge in [0.25, 0.3) is 5.56 Å². The molecule has 0 unspecified atom stereocenters. The second kappa shape index (κ2) is 6.86. The predicted octanol–water partition coefficient (Wildman–Crippen LogP) is 3.45. The van der Waals surface area contributed by atoms with Crippen LogP contribution in [0.25, 0.3) is 32.9 Å². The molecule has 2 aromatic heterocycles. The first-order chi connectivity index (χ1) is 14.0. The van der Waals surface area contributed by atoms with Crippen LogP contribution in [0.4, 0.5) is 0 Å². The van der Waals surface area contributed by atoms with E-state index in [0.717, 1.165) is 51.6 Å². The van der Waals surface area contributed by atoms with E-state index in [4.69, 9.17) is 4.42 Å². The standard InChI is InChI=1S/C22H20N2O4S/c1-24-12-19(16-4-2-3-5-17(16)22(24)25)18-9-13(11-23-29(26)27)8-15-10-20(14-6-7-14)28-21(15)18/h2-5,8-10,12,14,29H,6-7,11H2,1H3,(H,23,26,27). The number of benzene rings is 2. The maximum Gasteiger partial charge on any atom is 0.258 e. The van der Waals surface area contributed by atoms with E-state index in [1.807, 2.05) is 42.6 Å². The lowest BCUT2D eigenvalue weighted by molar-refractivity contribution is 0.553. The Hall–Kier alpha value is -2.90. The smallest absolute Gasteiger partial charge is 0.258 e. The minimum atomic E-state index is -2.68. The first-order valence-electron chi connectivity index (χ1n) is 9.54. The third-order valence-corrected chi connectivity index (χ3v) is 5.88. The number of thiol groups is 1. The zero-order valence-corrected chi connectivity index (χ0v) is 16.7. The van der Waals surface area contributed by atoms with Gasteiger partial charge >= 0.3 is 0 Å². The number of aryl methyl sites for hydroxylation is 1. The third-order valence-electron chi connectivity index (χ3n) is 5.47. The van der Waals surface area contributed by atoms with Gasteiger partial charge in [0.05, 0.1) is 0 Å². The highest BCUT2D eigenvalue weighted by Gasteiger charge is 2.28. The van der Waals surface area contributed by atoms with Crippen molar-refractivity contribution in [3.8, 4) is 11.1 Å². The van der Waals surface area contributed by atoms with E-state index in [9.17, 15) is 13.2 Å². The number of furan rings is 1. The second-order valence-electron chi connectivity index (χ2n) is 7.58. The summed E-state index contributed by atoms with van der Waals surface area (Å²) in [5, 5.41) is 2.43. The van der Waals surface area contributed by atoms with Gasteiger partial charge in [0.2, 0.25) is 10.9 Å². The van der Waals surface area contributed by atoms with Gasteiger partial charge in [-0.3, -0.25) is 4.79 Å². The van der Waals surface area contributed by atoms with Crippen molar-refractivity contribution in [3.63, 3.8) is 0 Å². The van der Waals surface area contributed by atoms with Crippen LogP contribution in [0.1, 0.15) is 30.1 Å². The highest BCUT2D eigenvalue weighted by atomic mass is 32.2. The molecule has 1 aliphatic rings. The van der Waals surface area contributed by atoms with Crippen molar-refractivity contribution in [2.75, 3.05) is 0 Å². The molecule has 6 nitrogen and oxygen atoms in total. The van der Waals surface area contributed by atoms with E-state index in [1.54, 1.807) is 11.6 Å². The molecule has 5 rings (SSSR count). The summed E-state index contributed by atoms with van der Waals surface area (Å²) in [6, 6.07) is 13.5. The van der Waals surface area contributed by atoms with Gasteiger partial charge in [-0.2, -0.15) is 0 Å². The summed E-state index contributed by atoms with van der Waals surface area (Å²) in [6.07, 6.45) is 4.08. The molecule has 1 aliphatic carbocycles. The molecule has 29 heavy (non-hydrogen) atoms. The number of aromatic nitrogens is 1. The SMILES string of the molecule is Cn1cc(-c2cc(CN[SH](=O)=O)cc3cc(C4CC4)oc23)c2ccccc2c1=O. The van der Waals surface area contributed by atoms with E-state index in [0.29, 0.717) is 11.3 Å². The van der Waals surface area contributed by atoms with Gasteiger partial charge in [-0.05, 0) is 48.1 Å². The van der Waals surface area contributed by atoms with Gasteiger partial charge in [-0.1, -0.05) is 18.2 Å². The number of nitrogens with zero attached hydrogens (tertiary/aromatic N) is 1. The topological polar surface area (TPSA) is 81.3 Å². The lowest BCUT2D eigenvalue weighted by Crippen LogP contribution is -2.16. The molecule has 2 aromatic carbocycles. The summed E-state index contributed by atoms with van der Waals surface area (Å²) in [5.74, 6) is 1.43. The maximum atomic E-state index is 12.6. The Morgan fingerprint density at radius 3 is 2.59 bits per heavy atom. The lowest BCUT2D eigenvalue weighted by Gasteiger charge is -2.12. The minimum absolute atomic E-state index is 0.0557. The van der Waals surface area contributed by atoms with Crippen LogP contribution in [0.3, 0.4) is 0 Å². The second-order valence-corrected chi connectivity index (χ2v) is 8.41. The van der Waals surface area contributed by atoms with E-state index in [1.165, 1.54) is 0 Å². The van der Waals surface area contributed by atoms with Gasteiger partial charge in [0.1, 0.15) is 11.3 Å². The van der Waals surface area contributed by atoms with E-state index in [-0.39, 0.29) is 12.1 Å². The van der Waals surface area contributed by atoms with Gasteiger partial charge in [-0.25, -0.2) is 13.1 Å². The predicted molar refractivity (Wildman–Crippen MR) is 114 cm³/mol. The fourth-order valence-electron chi connectivity index (χ4n) is 3.89. The molecule has 1 saturated carbocycles. The average Bonchev–Trinajstić information content (AvgIpc) is 3.48. The van der Waals surface area contributed by atoms with Crippen LogP contribution in [-0.2, 0) is 24.5 Å². The molecule has 7 heteroatoms. The highest BCUT2D eigenvalue weighted by Crippen LogP contribution is 2.44. The van der Waals surface area contributed by atoms with Crippen LogP contribution >= 0.6 is 0 Å². The Balaban J connectivity index is 1.80. The van der Waals surface area contributed by atoms with Crippen LogP contribution in [0, 0.1) is 0 Å². The molecule has 0 spiro atoms. The normalized spacial score (nSPS) is 14.3. The lowest BCUT2D eigenvalue weighted by atomic mass is 9.97. The largest absolute Gasteiger partial charge is 0.460 e. The first-order valence-corrected chi connectivity index (χ1v) is 10.7. The molecular weight excluding hydrogens is 388 g/mol. The molecule has 1 fully saturated rings. The molecule has 1 N–H and O–H groups in total. The zero-order valence-electron chi connectivity index (χ0n) is 15.8. The highest BCUT2D eigenvalue weighted by molar-refractivity contribution is 7.70. The zero-order chi connectivity index (χ0) is 20.1. The van der Waals surface area contributed by atoms with Crippen LogP contribution in [0.15, 0.2) is 57.9 Å². The van der Waals surface area contributed by atoms with Gasteiger partial charge in [-0.15, -0.1) is 0 Å². The molecule has 0 bridgehead atoms. The number of nitrogens with one attached hydrogen (secondary N) is 1. The number of fused-ring (bicyclic) bond motifs is 2. The number of hydrogen-bond acceptors (Lipinski definition) is 4. The Kier molecular flexibility index (Phi) is 4.29. The van der Waals surface area contributed by atoms with Crippen LogP contribution in [0.5, 0.6) is 0 Å². The quantitative estimate of drug-likeness (QED) is 0.496. The van der Waals surface area contributed by atoms with Crippen LogP contribution in [-0.4, -0.2) is 13.0 Å². The van der Waals surface area contributed by atoms with Crippen molar-refractivity contribution in [3.05, 3.63) is 70.3 Å². The summed E-state index contributed by atoms with van der Waals surface area (Å²) >= 11 is 0. The van der Waals surface area contributed by atoms with Gasteiger partial charge < -0.3 is 8.98 Å². The van der Waals surface area contributed by atoms with E-state index < -0.39 is 10.9 Å². The van der Waals surface area contributed by atoms with Crippen molar-refractivity contribution in [1.82, 2.24) is 9.29 Å². The van der Waals surface area contributed by atoms with E-state index >= 15 is 0 Å². The average molecular weight is 408 g/mol. The Morgan fingerprint density at radius 2 is 1.86 bits per heavy atom. The molecule has 0 radical (unpaired) electrons. The minimum Gasteiger partial charge on any atom is -0.460 e. The van der Waals surface area contributed by atoms with Crippen molar-refractivity contribution in [2.24, 2.45) is 7.05 Å². The number of hydrogen-bond donors (Lipinski definition) is 2. The van der Waals surface area contributed by atoms with Crippen LogP contribution in [0.2, 0.25) is 0 Å². The van der Waals surface area contributed by atoms with Gasteiger partial charge in [0, 0.05) is 47.6 Å². The van der Waals surface area contributed by atoms with Crippen molar-refractivity contribution in [1.29, 1.82) is 0 Å². The molecule has 0 aliphatic heterocycles. The molecule has 0 amide bonds. The van der Waals surface area contributed by atoms with Crippen molar-refractivity contribution in [2.45, 2.75) is 25.3 Å². The number of pyridine rings is 1. The summed E-state index contributed by atoms with van der Waals surface area (Å²) in [5.41, 5.74) is 3.30.